The minimum absolute atomic E-state index is 0.0520. The molecule has 12 heteroatoms. The lowest BCUT2D eigenvalue weighted by atomic mass is 9.85. The number of allylic oxidation sites excluding steroid dienone is 6. The average Bonchev–Trinajstić information content (AvgIpc) is 3.22. The molecule has 0 saturated carbocycles. The quantitative estimate of drug-likeness (QED) is 0.0586. The van der Waals surface area contributed by atoms with Crippen LogP contribution in [0, 0.1) is 23.7 Å². The van der Waals surface area contributed by atoms with Crippen LogP contribution in [-0.2, 0) is 38.2 Å². The van der Waals surface area contributed by atoms with Crippen molar-refractivity contribution in [1.29, 1.82) is 0 Å². The molecule has 0 radical (unpaired) electrons. The van der Waals surface area contributed by atoms with E-state index in [-0.39, 0.29) is 47.9 Å². The predicted molar refractivity (Wildman–Crippen MR) is 228 cm³/mol. The Morgan fingerprint density at radius 2 is 1.71 bits per heavy atom. The van der Waals surface area contributed by atoms with E-state index in [2.05, 4.69) is 11.4 Å². The summed E-state index contributed by atoms with van der Waals surface area (Å²) in [5, 5.41) is 25.3. The second-order valence-electron chi connectivity index (χ2n) is 17.4. The SMILES string of the molecule is COC(C(=O)[C@H](C)C[C@H](C)/C=C/C=C/C=C(\C)[C@H](C[C@@H]1CC[C@@H](C)[C@](O)(C(=O)C(=O)N2CCCC[C@H]2C(=O)NCCC2=CCCCC2)O1)OC)C(O)CCC(C)C(C)=O. The predicted octanol–water partition coefficient (Wildman–Crippen LogP) is 6.52. The molecule has 2 amide bonds. The van der Waals surface area contributed by atoms with Gasteiger partial charge in [-0.1, -0.05) is 69.7 Å². The van der Waals surface area contributed by atoms with Gasteiger partial charge in [0.1, 0.15) is 17.9 Å². The molecule has 0 bridgehead atoms. The van der Waals surface area contributed by atoms with Crippen molar-refractivity contribution in [2.45, 2.75) is 168 Å². The Labute approximate surface area is 353 Å². The highest BCUT2D eigenvalue weighted by Crippen LogP contribution is 2.36. The van der Waals surface area contributed by atoms with Crippen LogP contribution >= 0.6 is 0 Å². The number of Topliss-reactive ketones (excluding diaryl/α,β-unsaturated/α-hetero) is 3. The molecule has 3 N–H and O–H groups in total. The summed E-state index contributed by atoms with van der Waals surface area (Å²) in [6.45, 7) is 11.6. The van der Waals surface area contributed by atoms with E-state index in [0.717, 1.165) is 31.3 Å². The number of carbonyl (C=O) groups is 5. The maximum atomic E-state index is 13.8. The van der Waals surface area contributed by atoms with Crippen LogP contribution in [-0.4, -0.2) is 108 Å². The lowest BCUT2D eigenvalue weighted by Gasteiger charge is -2.42. The highest BCUT2D eigenvalue weighted by atomic mass is 16.6. The Morgan fingerprint density at radius 1 is 0.966 bits per heavy atom. The van der Waals surface area contributed by atoms with Gasteiger partial charge in [-0.3, -0.25) is 24.0 Å². The molecule has 0 aromatic heterocycles. The van der Waals surface area contributed by atoms with Crippen LogP contribution in [0.15, 0.2) is 47.6 Å². The smallest absolute Gasteiger partial charge is 0.296 e. The van der Waals surface area contributed by atoms with Gasteiger partial charge in [-0.15, -0.1) is 0 Å². The van der Waals surface area contributed by atoms with Crippen molar-refractivity contribution < 1.29 is 48.4 Å². The zero-order valence-corrected chi connectivity index (χ0v) is 37.1. The topological polar surface area (TPSA) is 169 Å². The number of ether oxygens (including phenoxy) is 3. The Kier molecular flexibility index (Phi) is 21.1. The van der Waals surface area contributed by atoms with Crippen molar-refractivity contribution in [2.75, 3.05) is 27.3 Å². The molecular formula is C47H74N2O10. The Balaban J connectivity index is 1.54. The van der Waals surface area contributed by atoms with E-state index in [1.807, 2.05) is 58.1 Å². The zero-order valence-electron chi connectivity index (χ0n) is 37.1. The number of amides is 2. The number of piperidine rings is 1. The first kappa shape index (κ1) is 50.1. The second-order valence-corrected chi connectivity index (χ2v) is 17.4. The fourth-order valence-corrected chi connectivity index (χ4v) is 8.44. The molecule has 332 valence electrons. The first-order valence-corrected chi connectivity index (χ1v) is 22.0. The molecule has 2 aliphatic heterocycles. The lowest BCUT2D eigenvalue weighted by molar-refractivity contribution is -0.265. The number of aliphatic hydroxyl groups is 2. The van der Waals surface area contributed by atoms with E-state index < -0.39 is 47.7 Å². The van der Waals surface area contributed by atoms with Crippen molar-refractivity contribution in [3.63, 3.8) is 0 Å². The van der Waals surface area contributed by atoms with Gasteiger partial charge in [0.2, 0.25) is 11.7 Å². The van der Waals surface area contributed by atoms with Gasteiger partial charge in [-0.2, -0.15) is 0 Å². The van der Waals surface area contributed by atoms with Gasteiger partial charge in [0, 0.05) is 51.5 Å². The van der Waals surface area contributed by atoms with Crippen LogP contribution in [0.3, 0.4) is 0 Å². The van der Waals surface area contributed by atoms with Crippen molar-refractivity contribution in [3.05, 3.63) is 47.6 Å². The molecule has 0 spiro atoms. The van der Waals surface area contributed by atoms with Gasteiger partial charge in [0.05, 0.1) is 18.3 Å². The summed E-state index contributed by atoms with van der Waals surface area (Å²) in [4.78, 5) is 66.9. The third kappa shape index (κ3) is 15.0. The molecular weight excluding hydrogens is 753 g/mol. The third-order valence-corrected chi connectivity index (χ3v) is 12.6. The summed E-state index contributed by atoms with van der Waals surface area (Å²) in [5.74, 6) is -5.66. The van der Waals surface area contributed by atoms with E-state index in [1.54, 1.807) is 14.0 Å². The molecule has 3 rings (SSSR count). The van der Waals surface area contributed by atoms with Gasteiger partial charge >= 0.3 is 0 Å². The number of ketones is 3. The molecule has 1 aliphatic carbocycles. The molecule has 12 nitrogen and oxygen atoms in total. The summed E-state index contributed by atoms with van der Waals surface area (Å²) >= 11 is 0. The Morgan fingerprint density at radius 3 is 2.37 bits per heavy atom. The maximum absolute atomic E-state index is 13.8. The fraction of sp³-hybridized carbons (Fsp3) is 0.723. The van der Waals surface area contributed by atoms with Gasteiger partial charge in [0.25, 0.3) is 11.7 Å². The number of nitrogens with one attached hydrogen (secondary N) is 1. The summed E-state index contributed by atoms with van der Waals surface area (Å²) in [7, 11) is 3.01. The third-order valence-electron chi connectivity index (χ3n) is 12.6. The number of hydrogen-bond acceptors (Lipinski definition) is 10. The van der Waals surface area contributed by atoms with Crippen molar-refractivity contribution in [1.82, 2.24) is 10.2 Å². The Bertz CT molecular complexity index is 1540. The minimum Gasteiger partial charge on any atom is -0.390 e. The van der Waals surface area contributed by atoms with Crippen LogP contribution in [0.1, 0.15) is 131 Å². The number of rotatable bonds is 23. The van der Waals surface area contributed by atoms with Crippen LogP contribution in [0.2, 0.25) is 0 Å². The number of likely N-dealkylation sites (tertiary alicyclic amines) is 1. The number of nitrogens with zero attached hydrogens (tertiary/aromatic N) is 1. The second kappa shape index (κ2) is 24.8. The zero-order chi connectivity index (χ0) is 43.7. The maximum Gasteiger partial charge on any atom is 0.296 e. The van der Waals surface area contributed by atoms with Gasteiger partial charge in [-0.05, 0) is 109 Å². The minimum atomic E-state index is -2.31. The highest BCUT2D eigenvalue weighted by molar-refractivity contribution is 6.39. The largest absolute Gasteiger partial charge is 0.390 e. The van der Waals surface area contributed by atoms with E-state index >= 15 is 0 Å². The van der Waals surface area contributed by atoms with Gasteiger partial charge in [0.15, 0.2) is 5.78 Å². The molecule has 10 atom stereocenters. The molecule has 59 heavy (non-hydrogen) atoms. The van der Waals surface area contributed by atoms with Crippen LogP contribution in [0.4, 0.5) is 0 Å². The molecule has 0 aromatic carbocycles. The van der Waals surface area contributed by atoms with E-state index in [4.69, 9.17) is 14.2 Å². The lowest BCUT2D eigenvalue weighted by Crippen LogP contribution is -2.61. The fourth-order valence-electron chi connectivity index (χ4n) is 8.44. The molecule has 3 aliphatic rings. The summed E-state index contributed by atoms with van der Waals surface area (Å²) in [6.07, 6.45) is 19.0. The Hall–Kier alpha value is -3.29. The molecule has 3 unspecified atom stereocenters. The molecule has 0 aromatic rings. The molecule has 2 heterocycles. The number of hydrogen-bond donors (Lipinski definition) is 3. The van der Waals surface area contributed by atoms with Crippen LogP contribution < -0.4 is 5.32 Å². The number of carbonyl (C=O) groups excluding carboxylic acids is 5. The summed E-state index contributed by atoms with van der Waals surface area (Å²) < 4.78 is 17.3. The molecule has 2 saturated heterocycles. The van der Waals surface area contributed by atoms with Crippen molar-refractivity contribution in [3.8, 4) is 0 Å². The van der Waals surface area contributed by atoms with Gasteiger partial charge in [-0.25, -0.2) is 0 Å². The average molecular weight is 827 g/mol. The first-order valence-electron chi connectivity index (χ1n) is 22.0. The summed E-state index contributed by atoms with van der Waals surface area (Å²) in [5.41, 5.74) is 2.25. The van der Waals surface area contributed by atoms with Crippen LogP contribution in [0.25, 0.3) is 0 Å². The van der Waals surface area contributed by atoms with Gasteiger partial charge < -0.3 is 34.6 Å². The van der Waals surface area contributed by atoms with Crippen molar-refractivity contribution >= 4 is 29.2 Å². The van der Waals surface area contributed by atoms with E-state index in [1.165, 1.54) is 37.3 Å². The van der Waals surface area contributed by atoms with E-state index in [9.17, 15) is 34.2 Å². The summed E-state index contributed by atoms with van der Waals surface area (Å²) in [6, 6.07) is -0.767. The number of aliphatic hydroxyl groups excluding tert-OH is 1. The highest BCUT2D eigenvalue weighted by Gasteiger charge is 2.52. The normalized spacial score (nSPS) is 26.1. The van der Waals surface area contributed by atoms with E-state index in [0.29, 0.717) is 57.9 Å². The molecule has 2 fully saturated rings. The monoisotopic (exact) mass is 827 g/mol. The standard InChI is InChI=1S/C47H74N2O10/c1-31(29-34(4)42(52)43(58-8)40(51)25-22-32(2)36(6)50)17-11-9-12-18-33(3)41(57-7)30-38-24-23-35(5)47(56,59-38)44(53)46(55)49-28-16-15-21-39(49)45(54)48-27-26-37-19-13-10-14-20-37/h9,11-12,17-19,31-32,34-35,38-41,43,51,56H,10,13-16,20-30H2,1-8H3,(H,48,54)/b12-9+,17-11+,33-18+/t31-,32?,34-,35-,38+,39+,40?,41+,43?,47-/m1/s1. The van der Waals surface area contributed by atoms with Crippen molar-refractivity contribution in [2.24, 2.45) is 23.7 Å². The number of methoxy groups -OCH3 is 2. The van der Waals surface area contributed by atoms with Crippen LogP contribution in [0.5, 0.6) is 0 Å². The first-order chi connectivity index (χ1) is 28.0.